The zero-order valence-electron chi connectivity index (χ0n) is 18.1. The van der Waals surface area contributed by atoms with Crippen LogP contribution in [0.1, 0.15) is 32.1 Å². The van der Waals surface area contributed by atoms with Gasteiger partial charge in [0.1, 0.15) is 15.6 Å². The number of phenols is 1. The van der Waals surface area contributed by atoms with E-state index in [0.717, 1.165) is 5.56 Å². The number of carbonyl (C=O) groups is 2. The van der Waals surface area contributed by atoms with Crippen LogP contribution in [-0.2, 0) is 0 Å². The van der Waals surface area contributed by atoms with E-state index in [1.165, 1.54) is 23.5 Å². The number of aromatic nitrogens is 1. The van der Waals surface area contributed by atoms with E-state index in [9.17, 15) is 14.7 Å². The van der Waals surface area contributed by atoms with Gasteiger partial charge in [-0.2, -0.15) is 0 Å². The summed E-state index contributed by atoms with van der Waals surface area (Å²) < 4.78 is 10.6. The number of ether oxygens (including phenoxy) is 2. The van der Waals surface area contributed by atoms with Crippen molar-refractivity contribution in [2.45, 2.75) is 13.3 Å². The van der Waals surface area contributed by atoms with Crippen LogP contribution in [0, 0.1) is 6.92 Å². The topological polar surface area (TPSA) is 110 Å². The fraction of sp³-hybridized carbons (Fsp3) is 0.261. The molecule has 0 aliphatic carbocycles. The molecule has 0 saturated heterocycles. The largest absolute Gasteiger partial charge is 0.508 e. The number of rotatable bonds is 9. The van der Waals surface area contributed by atoms with Crippen molar-refractivity contribution in [2.24, 2.45) is 0 Å². The molecule has 2 aromatic carbocycles. The van der Waals surface area contributed by atoms with Gasteiger partial charge in [0.25, 0.3) is 11.8 Å². The molecule has 0 unspecified atom stereocenters. The first kappa shape index (κ1) is 23.1. The summed E-state index contributed by atoms with van der Waals surface area (Å²) in [7, 11) is 3.14. The number of amides is 2. The number of thiazole rings is 1. The summed E-state index contributed by atoms with van der Waals surface area (Å²) >= 11 is 1.31. The molecule has 0 aliphatic rings. The van der Waals surface area contributed by atoms with Gasteiger partial charge < -0.3 is 25.2 Å². The molecule has 0 fully saturated rings. The monoisotopic (exact) mass is 455 g/mol. The molecule has 1 heterocycles. The minimum Gasteiger partial charge on any atom is -0.508 e. The minimum atomic E-state index is -0.273. The van der Waals surface area contributed by atoms with E-state index in [1.54, 1.807) is 39.3 Å². The fourth-order valence-corrected chi connectivity index (χ4v) is 4.00. The first-order chi connectivity index (χ1) is 15.4. The van der Waals surface area contributed by atoms with Crippen molar-refractivity contribution in [1.29, 1.82) is 0 Å². The molecular formula is C23H25N3O5S. The van der Waals surface area contributed by atoms with Crippen LogP contribution in [0.2, 0.25) is 0 Å². The number of carbonyl (C=O) groups excluding carboxylic acids is 2. The number of nitrogens with one attached hydrogen (secondary N) is 2. The van der Waals surface area contributed by atoms with Crippen molar-refractivity contribution >= 4 is 23.2 Å². The SMILES string of the molecule is COc1ccc(-c2nc(C)c(C(=O)NCCCNC(=O)c3cccc(O)c3)s2)cc1OC. The van der Waals surface area contributed by atoms with Gasteiger partial charge in [-0.3, -0.25) is 9.59 Å². The molecule has 0 spiro atoms. The number of methoxy groups -OCH3 is 2. The number of nitrogens with zero attached hydrogens (tertiary/aromatic N) is 1. The Morgan fingerprint density at radius 3 is 2.41 bits per heavy atom. The Morgan fingerprint density at radius 2 is 1.72 bits per heavy atom. The van der Waals surface area contributed by atoms with E-state index in [-0.39, 0.29) is 17.6 Å². The number of phenolic OH excluding ortho intramolecular Hbond substituents is 1. The third-order valence-electron chi connectivity index (χ3n) is 4.67. The van der Waals surface area contributed by atoms with Crippen LogP contribution in [0.15, 0.2) is 42.5 Å². The van der Waals surface area contributed by atoms with Crippen LogP contribution in [0.25, 0.3) is 10.6 Å². The van der Waals surface area contributed by atoms with Gasteiger partial charge in [0.15, 0.2) is 11.5 Å². The van der Waals surface area contributed by atoms with Crippen LogP contribution in [-0.4, -0.2) is 49.2 Å². The zero-order chi connectivity index (χ0) is 23.1. The summed E-state index contributed by atoms with van der Waals surface area (Å²) in [6.45, 7) is 2.60. The molecule has 0 radical (unpaired) electrons. The highest BCUT2D eigenvalue weighted by Gasteiger charge is 2.17. The van der Waals surface area contributed by atoms with Crippen molar-refractivity contribution in [1.82, 2.24) is 15.6 Å². The third kappa shape index (κ3) is 5.55. The summed E-state index contributed by atoms with van der Waals surface area (Å²) in [6, 6.07) is 11.6. The highest BCUT2D eigenvalue weighted by molar-refractivity contribution is 7.17. The Hall–Kier alpha value is -3.59. The Bertz CT molecular complexity index is 1110. The van der Waals surface area contributed by atoms with Gasteiger partial charge in [0.2, 0.25) is 0 Å². The molecule has 8 nitrogen and oxygen atoms in total. The van der Waals surface area contributed by atoms with E-state index in [4.69, 9.17) is 9.47 Å². The molecular weight excluding hydrogens is 430 g/mol. The maximum Gasteiger partial charge on any atom is 0.263 e. The van der Waals surface area contributed by atoms with Crippen LogP contribution >= 0.6 is 11.3 Å². The lowest BCUT2D eigenvalue weighted by atomic mass is 10.2. The number of aryl methyl sites for hydroxylation is 1. The molecule has 0 atom stereocenters. The smallest absolute Gasteiger partial charge is 0.263 e. The van der Waals surface area contributed by atoms with Gasteiger partial charge in [-0.05, 0) is 49.7 Å². The molecule has 3 N–H and O–H groups in total. The average Bonchev–Trinajstić information content (AvgIpc) is 3.19. The lowest BCUT2D eigenvalue weighted by molar-refractivity contribution is 0.0952. The van der Waals surface area contributed by atoms with Crippen molar-refractivity contribution in [2.75, 3.05) is 27.3 Å². The predicted molar refractivity (Wildman–Crippen MR) is 123 cm³/mol. The minimum absolute atomic E-state index is 0.0392. The van der Waals surface area contributed by atoms with Crippen molar-refractivity contribution in [3.63, 3.8) is 0 Å². The Balaban J connectivity index is 1.53. The zero-order valence-corrected chi connectivity index (χ0v) is 18.9. The second-order valence-corrected chi connectivity index (χ2v) is 7.92. The summed E-state index contributed by atoms with van der Waals surface area (Å²) in [5.41, 5.74) is 1.87. The molecule has 3 rings (SSSR count). The van der Waals surface area contributed by atoms with Crippen molar-refractivity contribution in [3.8, 4) is 27.8 Å². The maximum atomic E-state index is 12.6. The number of hydrogen-bond donors (Lipinski definition) is 3. The van der Waals surface area contributed by atoms with Crippen molar-refractivity contribution < 1.29 is 24.2 Å². The highest BCUT2D eigenvalue weighted by Crippen LogP contribution is 2.34. The first-order valence-electron chi connectivity index (χ1n) is 9.98. The Labute approximate surface area is 190 Å². The van der Waals surface area contributed by atoms with Crippen LogP contribution in [0.3, 0.4) is 0 Å². The summed E-state index contributed by atoms with van der Waals surface area (Å²) in [4.78, 5) is 29.7. The Morgan fingerprint density at radius 1 is 1.00 bits per heavy atom. The molecule has 9 heteroatoms. The van der Waals surface area contributed by atoms with Gasteiger partial charge in [0, 0.05) is 24.2 Å². The lowest BCUT2D eigenvalue weighted by Crippen LogP contribution is -2.29. The number of hydrogen-bond acceptors (Lipinski definition) is 7. The van der Waals surface area contributed by atoms with E-state index < -0.39 is 0 Å². The van der Waals surface area contributed by atoms with E-state index in [0.29, 0.717) is 52.2 Å². The molecule has 3 aromatic rings. The van der Waals surface area contributed by atoms with Gasteiger partial charge in [-0.1, -0.05) is 6.07 Å². The molecule has 32 heavy (non-hydrogen) atoms. The standard InChI is InChI=1S/C23H25N3O5S/c1-14-20(32-23(26-14)16-8-9-18(30-2)19(13-16)31-3)22(29)25-11-5-10-24-21(28)15-6-4-7-17(27)12-15/h4,6-9,12-13,27H,5,10-11H2,1-3H3,(H,24,28)(H,25,29). The van der Waals surface area contributed by atoms with E-state index >= 15 is 0 Å². The molecule has 2 amide bonds. The normalized spacial score (nSPS) is 10.5. The van der Waals surface area contributed by atoms with Crippen LogP contribution in [0.5, 0.6) is 17.2 Å². The average molecular weight is 456 g/mol. The first-order valence-corrected chi connectivity index (χ1v) is 10.8. The second kappa shape index (κ2) is 10.6. The third-order valence-corrected chi connectivity index (χ3v) is 5.87. The molecule has 168 valence electrons. The van der Waals surface area contributed by atoms with Crippen molar-refractivity contribution in [3.05, 3.63) is 58.6 Å². The molecule has 1 aromatic heterocycles. The number of benzene rings is 2. The predicted octanol–water partition coefficient (Wildman–Crippen LogP) is 3.39. The van der Waals surface area contributed by atoms with Gasteiger partial charge >= 0.3 is 0 Å². The molecule has 0 bridgehead atoms. The molecule has 0 aliphatic heterocycles. The summed E-state index contributed by atoms with van der Waals surface area (Å²) in [5, 5.41) is 15.8. The van der Waals surface area contributed by atoms with E-state index in [1.807, 2.05) is 12.1 Å². The fourth-order valence-electron chi connectivity index (χ4n) is 3.02. The van der Waals surface area contributed by atoms with Crippen LogP contribution in [0.4, 0.5) is 0 Å². The summed E-state index contributed by atoms with van der Waals surface area (Å²) in [5.74, 6) is 0.781. The quantitative estimate of drug-likeness (QED) is 0.427. The van der Waals surface area contributed by atoms with E-state index in [2.05, 4.69) is 15.6 Å². The van der Waals surface area contributed by atoms with Gasteiger partial charge in [-0.15, -0.1) is 11.3 Å². The molecule has 0 saturated carbocycles. The maximum absolute atomic E-state index is 12.6. The van der Waals surface area contributed by atoms with Gasteiger partial charge in [-0.25, -0.2) is 4.98 Å². The second-order valence-electron chi connectivity index (χ2n) is 6.92. The highest BCUT2D eigenvalue weighted by atomic mass is 32.1. The van der Waals surface area contributed by atoms with Crippen LogP contribution < -0.4 is 20.1 Å². The summed E-state index contributed by atoms with van der Waals surface area (Å²) in [6.07, 6.45) is 0.566. The van der Waals surface area contributed by atoms with Gasteiger partial charge in [0.05, 0.1) is 19.9 Å². The lowest BCUT2D eigenvalue weighted by Gasteiger charge is -2.08. The number of aromatic hydroxyl groups is 1. The Kier molecular flexibility index (Phi) is 7.67.